The van der Waals surface area contributed by atoms with Crippen LogP contribution in [0.2, 0.25) is 0 Å². The summed E-state index contributed by atoms with van der Waals surface area (Å²) in [4.78, 5) is 28.4. The van der Waals surface area contributed by atoms with Gasteiger partial charge < -0.3 is 10.1 Å². The van der Waals surface area contributed by atoms with E-state index in [0.717, 1.165) is 23.1 Å². The molecule has 0 aliphatic heterocycles. The molecule has 0 aliphatic rings. The molecule has 3 rings (SSSR count). The van der Waals surface area contributed by atoms with E-state index >= 15 is 0 Å². The molecular weight excluding hydrogens is 316 g/mol. The summed E-state index contributed by atoms with van der Waals surface area (Å²) in [5, 5.41) is 4.36. The van der Waals surface area contributed by atoms with Gasteiger partial charge >= 0.3 is 5.97 Å². The van der Waals surface area contributed by atoms with Gasteiger partial charge in [-0.2, -0.15) is 0 Å². The van der Waals surface area contributed by atoms with Crippen LogP contribution < -0.4 is 5.32 Å². The van der Waals surface area contributed by atoms with Gasteiger partial charge in [0.1, 0.15) is 0 Å². The summed E-state index contributed by atoms with van der Waals surface area (Å²) in [5.74, 6) is -0.995. The summed E-state index contributed by atoms with van der Waals surface area (Å²) in [5.41, 5.74) is 1.96. The van der Waals surface area contributed by atoms with Crippen LogP contribution in [0.25, 0.3) is 10.8 Å². The maximum atomic E-state index is 12.3. The van der Waals surface area contributed by atoms with Gasteiger partial charge in [-0.1, -0.05) is 49.4 Å². The van der Waals surface area contributed by atoms with Gasteiger partial charge in [-0.05, 0) is 29.5 Å². The van der Waals surface area contributed by atoms with E-state index in [4.69, 9.17) is 4.74 Å². The number of aromatic nitrogens is 1. The maximum Gasteiger partial charge on any atom is 0.358 e. The van der Waals surface area contributed by atoms with Gasteiger partial charge in [-0.25, -0.2) is 9.78 Å². The highest BCUT2D eigenvalue weighted by Gasteiger charge is 2.15. The molecule has 1 N–H and O–H groups in total. The first-order valence-corrected chi connectivity index (χ1v) is 8.07. The number of pyridine rings is 1. The number of ether oxygens (including phenoxy) is 1. The van der Waals surface area contributed by atoms with Gasteiger partial charge in [0.2, 0.25) is 0 Å². The van der Waals surface area contributed by atoms with Crippen LogP contribution >= 0.6 is 0 Å². The Morgan fingerprint density at radius 2 is 1.80 bits per heavy atom. The highest BCUT2D eigenvalue weighted by molar-refractivity contribution is 6.03. The minimum Gasteiger partial charge on any atom is -0.451 e. The molecule has 0 radical (unpaired) electrons. The summed E-state index contributed by atoms with van der Waals surface area (Å²) in [6.45, 7) is 1.65. The molecule has 25 heavy (non-hydrogen) atoms. The molecule has 0 bridgehead atoms. The minimum atomic E-state index is -0.615. The van der Waals surface area contributed by atoms with E-state index < -0.39 is 5.97 Å². The Labute approximate surface area is 145 Å². The third-order valence-corrected chi connectivity index (χ3v) is 3.87. The predicted octanol–water partition coefficient (Wildman–Crippen LogP) is 3.59. The summed E-state index contributed by atoms with van der Waals surface area (Å²) in [6, 6.07) is 16.8. The molecule has 3 aromatic rings. The summed E-state index contributed by atoms with van der Waals surface area (Å²) < 4.78 is 5.13. The second kappa shape index (κ2) is 7.57. The number of para-hydroxylation sites is 1. The van der Waals surface area contributed by atoms with Crippen molar-refractivity contribution in [2.24, 2.45) is 0 Å². The fourth-order valence-corrected chi connectivity index (χ4v) is 2.62. The van der Waals surface area contributed by atoms with Crippen molar-refractivity contribution in [3.05, 3.63) is 72.1 Å². The van der Waals surface area contributed by atoms with Crippen molar-refractivity contribution in [1.82, 2.24) is 4.98 Å². The molecule has 0 saturated carbocycles. The number of amides is 1. The fraction of sp³-hybridized carbons (Fsp3) is 0.150. The van der Waals surface area contributed by atoms with Crippen LogP contribution in [0.3, 0.4) is 0 Å². The molecular formula is C20H18N2O3. The van der Waals surface area contributed by atoms with Gasteiger partial charge in [0.05, 0.1) is 0 Å². The molecule has 0 aliphatic carbocycles. The lowest BCUT2D eigenvalue weighted by atomic mass is 10.1. The fourth-order valence-electron chi connectivity index (χ4n) is 2.62. The monoisotopic (exact) mass is 334 g/mol. The van der Waals surface area contributed by atoms with E-state index in [2.05, 4.69) is 10.3 Å². The lowest BCUT2D eigenvalue weighted by molar-refractivity contribution is -0.119. The SMILES string of the molecule is CCc1ccccc1NC(=O)COC(=O)c1nccc2ccccc12. The second-order valence-corrected chi connectivity index (χ2v) is 5.52. The largest absolute Gasteiger partial charge is 0.451 e. The highest BCUT2D eigenvalue weighted by Crippen LogP contribution is 2.17. The third-order valence-electron chi connectivity index (χ3n) is 3.87. The zero-order valence-electron chi connectivity index (χ0n) is 13.9. The van der Waals surface area contributed by atoms with Crippen molar-refractivity contribution >= 4 is 28.3 Å². The average Bonchev–Trinajstić information content (AvgIpc) is 2.66. The molecule has 1 amide bonds. The van der Waals surface area contributed by atoms with E-state index in [1.165, 1.54) is 0 Å². The maximum absolute atomic E-state index is 12.3. The van der Waals surface area contributed by atoms with Crippen LogP contribution in [0.4, 0.5) is 5.69 Å². The molecule has 2 aromatic carbocycles. The van der Waals surface area contributed by atoms with Crippen molar-refractivity contribution in [3.63, 3.8) is 0 Å². The van der Waals surface area contributed by atoms with Crippen LogP contribution in [-0.2, 0) is 16.0 Å². The van der Waals surface area contributed by atoms with Crippen molar-refractivity contribution in [2.45, 2.75) is 13.3 Å². The Morgan fingerprint density at radius 3 is 2.64 bits per heavy atom. The van der Waals surface area contributed by atoms with Crippen LogP contribution in [0.1, 0.15) is 23.0 Å². The predicted molar refractivity (Wildman–Crippen MR) is 96.5 cm³/mol. The molecule has 5 nitrogen and oxygen atoms in total. The highest BCUT2D eigenvalue weighted by atomic mass is 16.5. The Kier molecular flexibility index (Phi) is 5.04. The number of benzene rings is 2. The number of carbonyl (C=O) groups excluding carboxylic acids is 2. The van der Waals surface area contributed by atoms with Crippen molar-refractivity contribution in [1.29, 1.82) is 0 Å². The molecule has 5 heteroatoms. The molecule has 0 spiro atoms. The zero-order valence-corrected chi connectivity index (χ0v) is 13.9. The van der Waals surface area contributed by atoms with Crippen molar-refractivity contribution < 1.29 is 14.3 Å². The van der Waals surface area contributed by atoms with E-state index in [1.807, 2.05) is 55.5 Å². The third kappa shape index (κ3) is 3.83. The average molecular weight is 334 g/mol. The number of fused-ring (bicyclic) bond motifs is 1. The number of nitrogens with one attached hydrogen (secondary N) is 1. The number of aryl methyl sites for hydroxylation is 1. The minimum absolute atomic E-state index is 0.208. The van der Waals surface area contributed by atoms with Crippen LogP contribution in [0, 0.1) is 0 Å². The second-order valence-electron chi connectivity index (χ2n) is 5.52. The number of rotatable bonds is 5. The lowest BCUT2D eigenvalue weighted by Crippen LogP contribution is -2.22. The topological polar surface area (TPSA) is 68.3 Å². The standard InChI is InChI=1S/C20H18N2O3/c1-2-14-7-4-6-10-17(14)22-18(23)13-25-20(24)19-16-9-5-3-8-15(16)11-12-21-19/h3-12H,2,13H2,1H3,(H,22,23). The molecule has 1 heterocycles. The van der Waals surface area contributed by atoms with Gasteiger partial charge in [-0.15, -0.1) is 0 Å². The molecule has 0 unspecified atom stereocenters. The number of hydrogen-bond donors (Lipinski definition) is 1. The molecule has 126 valence electrons. The van der Waals surface area contributed by atoms with Gasteiger partial charge in [0.25, 0.3) is 5.91 Å². The molecule has 0 atom stereocenters. The first-order valence-electron chi connectivity index (χ1n) is 8.07. The lowest BCUT2D eigenvalue weighted by Gasteiger charge is -2.10. The smallest absolute Gasteiger partial charge is 0.358 e. The van der Waals surface area contributed by atoms with Crippen LogP contribution in [0.5, 0.6) is 0 Å². The zero-order chi connectivity index (χ0) is 17.6. The number of nitrogens with zero attached hydrogens (tertiary/aromatic N) is 1. The summed E-state index contributed by atoms with van der Waals surface area (Å²) >= 11 is 0. The van der Waals surface area contributed by atoms with E-state index in [9.17, 15) is 9.59 Å². The molecule has 0 saturated heterocycles. The Bertz CT molecular complexity index is 916. The van der Waals surface area contributed by atoms with Gasteiger partial charge in [0, 0.05) is 17.3 Å². The van der Waals surface area contributed by atoms with E-state index in [1.54, 1.807) is 12.3 Å². The molecule has 1 aromatic heterocycles. The van der Waals surface area contributed by atoms with Gasteiger partial charge in [-0.3, -0.25) is 4.79 Å². The van der Waals surface area contributed by atoms with E-state index in [0.29, 0.717) is 5.39 Å². The van der Waals surface area contributed by atoms with Crippen molar-refractivity contribution in [3.8, 4) is 0 Å². The Hall–Kier alpha value is -3.21. The number of carbonyl (C=O) groups is 2. The number of anilines is 1. The summed E-state index contributed by atoms with van der Waals surface area (Å²) in [7, 11) is 0. The van der Waals surface area contributed by atoms with Crippen molar-refractivity contribution in [2.75, 3.05) is 11.9 Å². The number of hydrogen-bond acceptors (Lipinski definition) is 4. The normalized spacial score (nSPS) is 10.4. The first kappa shape index (κ1) is 16.6. The Balaban J connectivity index is 1.66. The number of esters is 1. The summed E-state index contributed by atoms with van der Waals surface area (Å²) in [6.07, 6.45) is 2.35. The first-order chi connectivity index (χ1) is 12.2. The Morgan fingerprint density at radius 1 is 1.04 bits per heavy atom. The van der Waals surface area contributed by atoms with Crippen LogP contribution in [0.15, 0.2) is 60.8 Å². The quantitative estimate of drug-likeness (QED) is 0.724. The van der Waals surface area contributed by atoms with Crippen LogP contribution in [-0.4, -0.2) is 23.5 Å². The van der Waals surface area contributed by atoms with Gasteiger partial charge in [0.15, 0.2) is 12.3 Å². The molecule has 0 fully saturated rings. The van der Waals surface area contributed by atoms with E-state index in [-0.39, 0.29) is 18.2 Å².